The summed E-state index contributed by atoms with van der Waals surface area (Å²) in [5.74, 6) is -2.97. The van der Waals surface area contributed by atoms with Crippen LogP contribution in [0.1, 0.15) is 2.74 Å². The van der Waals surface area contributed by atoms with Gasteiger partial charge in [0.05, 0.1) is 2.74 Å². The normalized spacial score (nSPS) is 20.5. The van der Waals surface area contributed by atoms with Crippen molar-refractivity contribution >= 4 is 11.9 Å². The van der Waals surface area contributed by atoms with Gasteiger partial charge in [-0.2, -0.15) is 0 Å². The number of carbonyl (C=O) groups excluding carboxylic acids is 1. The number of amides is 1. The van der Waals surface area contributed by atoms with Crippen molar-refractivity contribution in [3.05, 3.63) is 12.1 Å². The average molecular weight is 148 g/mol. The molecule has 1 atom stereocenters. The molecule has 0 aromatic carbocycles. The highest BCUT2D eigenvalue weighted by Gasteiger charge is 2.05. The molecule has 10 heavy (non-hydrogen) atoms. The van der Waals surface area contributed by atoms with Crippen LogP contribution in [0.15, 0.2) is 12.1 Å². The van der Waals surface area contributed by atoms with Gasteiger partial charge in [-0.05, 0) is 0 Å². The zero-order valence-electron chi connectivity index (χ0n) is 8.87. The maximum Gasteiger partial charge on any atom is 0.324 e. The molecule has 1 unspecified atom stereocenters. The topological polar surface area (TPSA) is 106 Å². The van der Waals surface area contributed by atoms with Crippen molar-refractivity contribution in [1.82, 2.24) is 0 Å². The Labute approximate surface area is 63.0 Å². The van der Waals surface area contributed by atoms with Gasteiger partial charge in [0, 0.05) is 6.05 Å². The summed E-state index contributed by atoms with van der Waals surface area (Å²) in [7, 11) is 0. The molecule has 56 valence electrons. The lowest BCUT2D eigenvalue weighted by atomic mass is 10.3. The first kappa shape index (κ1) is 3.72. The maximum atomic E-state index is 10.7. The lowest BCUT2D eigenvalue weighted by molar-refractivity contribution is -0.137. The molecule has 0 bridgehead atoms. The summed E-state index contributed by atoms with van der Waals surface area (Å²) in [4.78, 5) is 21.0. The van der Waals surface area contributed by atoms with Gasteiger partial charge in [-0.1, -0.05) is 6.05 Å². The molecule has 0 radical (unpaired) electrons. The fraction of sp³-hybridized carbons (Fsp3) is 0.200. The summed E-state index contributed by atoms with van der Waals surface area (Å²) in [5, 5.41) is 8.34. The van der Waals surface area contributed by atoms with Gasteiger partial charge in [0.1, 0.15) is 6.04 Å². The average Bonchev–Trinajstić information content (AvgIpc) is 2.12. The fourth-order valence-electron chi connectivity index (χ4n) is 0.201. The highest BCUT2D eigenvalue weighted by Crippen LogP contribution is 1.80. The van der Waals surface area contributed by atoms with Gasteiger partial charge in [0.25, 0.3) is 0 Å². The molecule has 0 aromatic rings. The maximum absolute atomic E-state index is 10.7. The molecule has 5 N–H and O–H groups in total. The van der Waals surface area contributed by atoms with Crippen molar-refractivity contribution in [3.8, 4) is 0 Å². The highest BCUT2D eigenvalue weighted by atomic mass is 16.4. The lowest BCUT2D eigenvalue weighted by Crippen LogP contribution is -2.28. The van der Waals surface area contributed by atoms with E-state index in [0.29, 0.717) is 0 Å². The Morgan fingerprint density at radius 1 is 1.80 bits per heavy atom. The standard InChI is InChI=1S/C5H8N2O3/c6-3(5(9)10)1-2-4(7)8/h1-3H,6H2,(H2,7,8)(H,9,10)/b2-1-/i1D,2D/hD2. The Hall–Kier alpha value is -1.36. The Bertz CT molecular complexity index is 291. The number of carbonyl (C=O) groups is 2. The molecule has 0 aliphatic heterocycles. The van der Waals surface area contributed by atoms with Crippen LogP contribution in [0.4, 0.5) is 0 Å². The van der Waals surface area contributed by atoms with E-state index in [-0.39, 0.29) is 0 Å². The van der Waals surface area contributed by atoms with Gasteiger partial charge in [-0.15, -0.1) is 0 Å². The summed E-state index contributed by atoms with van der Waals surface area (Å²) in [6.07, 6.45) is 0. The van der Waals surface area contributed by atoms with Crippen molar-refractivity contribution in [3.63, 3.8) is 0 Å². The van der Waals surface area contributed by atoms with Crippen LogP contribution in [0.3, 0.4) is 0 Å². The molecule has 0 spiro atoms. The molecular weight excluding hydrogens is 136 g/mol. The van der Waals surface area contributed by atoms with Gasteiger partial charge in [-0.25, -0.2) is 0 Å². The Morgan fingerprint density at radius 2 is 2.40 bits per heavy atom. The molecule has 5 heteroatoms. The van der Waals surface area contributed by atoms with E-state index >= 15 is 0 Å². The smallest absolute Gasteiger partial charge is 0.324 e. The lowest BCUT2D eigenvalue weighted by Gasteiger charge is -1.95. The molecular formula is C5H8N2O3. The second-order valence-electron chi connectivity index (χ2n) is 1.39. The van der Waals surface area contributed by atoms with Crippen LogP contribution in [0, 0.1) is 0 Å². The molecule has 0 aromatic heterocycles. The summed E-state index contributed by atoms with van der Waals surface area (Å²) < 4.78 is 26.9. The molecule has 1 amide bonds. The van der Waals surface area contributed by atoms with Crippen LogP contribution in [-0.4, -0.2) is 23.0 Å². The number of rotatable bonds is 3. The van der Waals surface area contributed by atoms with E-state index in [1.165, 1.54) is 0 Å². The third kappa shape index (κ3) is 3.62. The Kier molecular flexibility index (Phi) is 1.35. The number of hydrogen-bond acceptors (Lipinski definition) is 3. The van der Waals surface area contributed by atoms with Crippen molar-refractivity contribution in [2.75, 3.05) is 0 Å². The number of carboxylic acid groups (broad SMARTS) is 1. The van der Waals surface area contributed by atoms with Gasteiger partial charge < -0.3 is 16.6 Å². The number of nitrogens with two attached hydrogens (primary N) is 2. The quantitative estimate of drug-likeness (QED) is 0.421. The summed E-state index contributed by atoms with van der Waals surface area (Å²) >= 11 is 0. The SMILES string of the molecule is [2H]/C(C(=O)N([2H])[2H])=C(\[2H])C(N)C(=O)O. The molecule has 0 fully saturated rings. The summed E-state index contributed by atoms with van der Waals surface area (Å²) in [5.41, 5.74) is 4.52. The van der Waals surface area contributed by atoms with Crippen LogP contribution >= 0.6 is 0 Å². The van der Waals surface area contributed by atoms with E-state index in [0.717, 1.165) is 0 Å². The second-order valence-corrected chi connectivity index (χ2v) is 1.39. The van der Waals surface area contributed by atoms with Crippen molar-refractivity contribution in [2.24, 2.45) is 11.5 Å². The van der Waals surface area contributed by atoms with Crippen molar-refractivity contribution in [1.29, 1.82) is 0 Å². The molecule has 0 aliphatic rings. The minimum atomic E-state index is -1.80. The van der Waals surface area contributed by atoms with E-state index in [9.17, 15) is 9.59 Å². The minimum Gasteiger partial charge on any atom is -0.480 e. The Balaban J connectivity index is 4.93. The molecule has 0 saturated heterocycles. The highest BCUT2D eigenvalue weighted by molar-refractivity contribution is 5.87. The van der Waals surface area contributed by atoms with E-state index in [4.69, 9.17) is 16.4 Å². The largest absolute Gasteiger partial charge is 0.480 e. The summed E-state index contributed by atoms with van der Waals surface area (Å²) in [6.45, 7) is 0. The van der Waals surface area contributed by atoms with Gasteiger partial charge in [-0.3, -0.25) is 9.59 Å². The first-order valence-electron chi connectivity index (χ1n) is 4.16. The first-order valence-corrected chi connectivity index (χ1v) is 2.27. The van der Waals surface area contributed by atoms with E-state index in [2.05, 4.69) is 0 Å². The fourth-order valence-corrected chi connectivity index (χ4v) is 0.201. The second kappa shape index (κ2) is 3.62. The van der Waals surface area contributed by atoms with Gasteiger partial charge in [0.15, 0.2) is 2.82 Å². The first-order chi connectivity index (χ1) is 6.29. The monoisotopic (exact) mass is 148 g/mol. The van der Waals surface area contributed by atoms with Crippen molar-refractivity contribution < 1.29 is 20.3 Å². The number of primary amides is 1. The summed E-state index contributed by atoms with van der Waals surface area (Å²) in [6, 6.07) is -3.82. The zero-order valence-corrected chi connectivity index (χ0v) is 4.87. The van der Waals surface area contributed by atoms with E-state index in [1.54, 1.807) is 0 Å². The van der Waals surface area contributed by atoms with Crippen LogP contribution in [0.25, 0.3) is 0 Å². The molecule has 5 nitrogen and oxygen atoms in total. The van der Waals surface area contributed by atoms with Crippen LogP contribution in [-0.2, 0) is 9.59 Å². The zero-order chi connectivity index (χ0) is 11.5. The van der Waals surface area contributed by atoms with Gasteiger partial charge >= 0.3 is 5.97 Å². The van der Waals surface area contributed by atoms with Crippen molar-refractivity contribution in [2.45, 2.75) is 6.04 Å². The van der Waals surface area contributed by atoms with Crippen LogP contribution < -0.4 is 11.5 Å². The number of aliphatic carboxylic acids is 1. The molecule has 0 rings (SSSR count). The number of carboxylic acids is 1. The number of hydrogen-bond donors (Lipinski definition) is 3. The van der Waals surface area contributed by atoms with Crippen LogP contribution in [0.2, 0.25) is 2.82 Å². The molecule has 0 aliphatic carbocycles. The van der Waals surface area contributed by atoms with Crippen LogP contribution in [0.5, 0.6) is 0 Å². The van der Waals surface area contributed by atoms with E-state index in [1.807, 2.05) is 0 Å². The third-order valence-corrected chi connectivity index (χ3v) is 0.601. The molecule has 0 heterocycles. The third-order valence-electron chi connectivity index (χ3n) is 0.601. The minimum absolute atomic E-state index is 0.425. The predicted octanol–water partition coefficient (Wildman–Crippen LogP) is -1.56. The predicted molar refractivity (Wildman–Crippen MR) is 33.9 cm³/mol. The molecule has 0 saturated carbocycles. The van der Waals surface area contributed by atoms with E-state index < -0.39 is 35.7 Å². The van der Waals surface area contributed by atoms with Gasteiger partial charge in [0.2, 0.25) is 5.91 Å². The Morgan fingerprint density at radius 3 is 2.80 bits per heavy atom.